The fraction of sp³-hybridized carbons (Fsp3) is 0.600. The van der Waals surface area contributed by atoms with Crippen LogP contribution in [0.4, 0.5) is 10.5 Å². The molecule has 4 aliphatic heterocycles. The summed E-state index contributed by atoms with van der Waals surface area (Å²) in [7, 11) is 0. The molecule has 1 atom stereocenters. The Balaban J connectivity index is 1.19. The summed E-state index contributed by atoms with van der Waals surface area (Å²) < 4.78 is 0. The highest BCUT2D eigenvalue weighted by molar-refractivity contribution is 6.35. The van der Waals surface area contributed by atoms with Crippen LogP contribution in [-0.2, 0) is 16.1 Å². The van der Waals surface area contributed by atoms with Crippen molar-refractivity contribution >= 4 is 41.1 Å². The van der Waals surface area contributed by atoms with Gasteiger partial charge in [0.1, 0.15) is 6.04 Å². The Hall–Kier alpha value is -2.81. The van der Waals surface area contributed by atoms with Crippen molar-refractivity contribution in [2.45, 2.75) is 57.5 Å². The van der Waals surface area contributed by atoms with E-state index in [4.69, 9.17) is 16.7 Å². The molecule has 4 amide bonds. The van der Waals surface area contributed by atoms with Gasteiger partial charge in [0.2, 0.25) is 11.8 Å². The number of likely N-dealkylation sites (tertiary alicyclic amines) is 1. The minimum atomic E-state index is -0.815. The largest absolute Gasteiger partial charge is 0.465 e. The summed E-state index contributed by atoms with van der Waals surface area (Å²) in [6.07, 6.45) is 4.91. The monoisotopic (exact) mass is 502 g/mol. The second-order valence-electron chi connectivity index (χ2n) is 10.2. The minimum absolute atomic E-state index is 0.212. The van der Waals surface area contributed by atoms with Crippen molar-refractivity contribution in [2.24, 2.45) is 11.8 Å². The molecule has 4 aliphatic rings. The SMILES string of the molecule is O=C1CC[C@H](N2Cc3c(ccc(N4CCC(CC5CCN(C(=O)O)CC5)CC4)c3Cl)C2=O)C(=O)N1. The molecule has 35 heavy (non-hydrogen) atoms. The fourth-order valence-corrected chi connectivity index (χ4v) is 6.42. The van der Waals surface area contributed by atoms with Crippen LogP contribution in [0.1, 0.15) is 60.9 Å². The molecule has 10 heteroatoms. The first-order valence-electron chi connectivity index (χ1n) is 12.5. The Kier molecular flexibility index (Phi) is 6.61. The molecule has 188 valence electrons. The van der Waals surface area contributed by atoms with Gasteiger partial charge in [-0.05, 0) is 62.5 Å². The molecule has 0 radical (unpaired) electrons. The number of nitrogens with one attached hydrogen (secondary N) is 1. The Morgan fingerprint density at radius 1 is 1.00 bits per heavy atom. The Labute approximate surface area is 209 Å². The average molecular weight is 503 g/mol. The molecule has 3 saturated heterocycles. The number of fused-ring (bicyclic) bond motifs is 1. The van der Waals surface area contributed by atoms with Crippen molar-refractivity contribution in [1.82, 2.24) is 15.1 Å². The van der Waals surface area contributed by atoms with E-state index < -0.39 is 18.0 Å². The number of halogens is 1. The lowest BCUT2D eigenvalue weighted by Crippen LogP contribution is -2.52. The first-order valence-corrected chi connectivity index (χ1v) is 12.9. The smallest absolute Gasteiger partial charge is 0.407 e. The molecule has 9 nitrogen and oxygen atoms in total. The number of carbonyl (C=O) groups is 4. The van der Waals surface area contributed by atoms with Crippen LogP contribution >= 0.6 is 11.6 Å². The van der Waals surface area contributed by atoms with Crippen molar-refractivity contribution in [3.63, 3.8) is 0 Å². The number of rotatable bonds is 4. The number of amides is 4. The van der Waals surface area contributed by atoms with Crippen molar-refractivity contribution in [3.8, 4) is 0 Å². The molecule has 0 spiro atoms. The molecular formula is C25H31ClN4O5. The normalized spacial score (nSPS) is 24.1. The van der Waals surface area contributed by atoms with Gasteiger partial charge in [-0.15, -0.1) is 0 Å². The first kappa shape index (κ1) is 23.9. The van der Waals surface area contributed by atoms with Crippen LogP contribution in [0.25, 0.3) is 0 Å². The van der Waals surface area contributed by atoms with Gasteiger partial charge >= 0.3 is 6.09 Å². The summed E-state index contributed by atoms with van der Waals surface area (Å²) in [5.74, 6) is 0.287. The van der Waals surface area contributed by atoms with E-state index in [1.54, 1.807) is 0 Å². The zero-order chi connectivity index (χ0) is 24.7. The number of hydrogen-bond acceptors (Lipinski definition) is 5. The van der Waals surface area contributed by atoms with Crippen LogP contribution in [0.15, 0.2) is 12.1 Å². The summed E-state index contributed by atoms with van der Waals surface area (Å²) in [4.78, 5) is 53.3. The van der Waals surface area contributed by atoms with Crippen LogP contribution in [0.2, 0.25) is 5.02 Å². The van der Waals surface area contributed by atoms with E-state index in [-0.39, 0.29) is 24.8 Å². The summed E-state index contributed by atoms with van der Waals surface area (Å²) in [5, 5.41) is 12.0. The summed E-state index contributed by atoms with van der Waals surface area (Å²) in [6, 6.07) is 3.08. The summed E-state index contributed by atoms with van der Waals surface area (Å²) >= 11 is 6.82. The van der Waals surface area contributed by atoms with Gasteiger partial charge in [-0.2, -0.15) is 0 Å². The lowest BCUT2D eigenvalue weighted by Gasteiger charge is -2.37. The van der Waals surface area contributed by atoms with Crippen molar-refractivity contribution < 1.29 is 24.3 Å². The van der Waals surface area contributed by atoms with E-state index in [0.29, 0.717) is 41.9 Å². The number of anilines is 1. The number of carbonyl (C=O) groups excluding carboxylic acids is 3. The van der Waals surface area contributed by atoms with E-state index in [0.717, 1.165) is 56.4 Å². The molecule has 0 aliphatic carbocycles. The highest BCUT2D eigenvalue weighted by atomic mass is 35.5. The zero-order valence-corrected chi connectivity index (χ0v) is 20.4. The first-order chi connectivity index (χ1) is 16.8. The van der Waals surface area contributed by atoms with Gasteiger partial charge in [-0.1, -0.05) is 11.6 Å². The fourth-order valence-electron chi connectivity index (χ4n) is 6.08. The average Bonchev–Trinajstić information content (AvgIpc) is 3.17. The molecule has 0 bridgehead atoms. The van der Waals surface area contributed by atoms with Gasteiger partial charge in [0.15, 0.2) is 0 Å². The third-order valence-electron chi connectivity index (χ3n) is 8.14. The molecular weight excluding hydrogens is 472 g/mol. The summed E-state index contributed by atoms with van der Waals surface area (Å²) in [5.41, 5.74) is 2.22. The number of carboxylic acid groups (broad SMARTS) is 1. The van der Waals surface area contributed by atoms with Gasteiger partial charge in [0.05, 0.1) is 10.7 Å². The van der Waals surface area contributed by atoms with Gasteiger partial charge in [0.25, 0.3) is 5.91 Å². The number of nitrogens with zero attached hydrogens (tertiary/aromatic N) is 3. The lowest BCUT2D eigenvalue weighted by molar-refractivity contribution is -0.136. The maximum Gasteiger partial charge on any atom is 0.407 e. The maximum atomic E-state index is 13.0. The van der Waals surface area contributed by atoms with Gasteiger partial charge in [-0.3, -0.25) is 19.7 Å². The van der Waals surface area contributed by atoms with Crippen LogP contribution < -0.4 is 10.2 Å². The van der Waals surface area contributed by atoms with Crippen LogP contribution in [0.5, 0.6) is 0 Å². The van der Waals surface area contributed by atoms with Crippen molar-refractivity contribution in [2.75, 3.05) is 31.1 Å². The van der Waals surface area contributed by atoms with Crippen molar-refractivity contribution in [3.05, 3.63) is 28.3 Å². The van der Waals surface area contributed by atoms with Gasteiger partial charge in [-0.25, -0.2) is 4.79 Å². The van der Waals surface area contributed by atoms with Crippen molar-refractivity contribution in [1.29, 1.82) is 0 Å². The molecule has 0 saturated carbocycles. The van der Waals surface area contributed by atoms with E-state index in [2.05, 4.69) is 10.2 Å². The molecule has 4 heterocycles. The second-order valence-corrected chi connectivity index (χ2v) is 10.6. The predicted octanol–water partition coefficient (Wildman–Crippen LogP) is 3.10. The number of piperidine rings is 3. The topological polar surface area (TPSA) is 110 Å². The molecule has 0 aromatic heterocycles. The lowest BCUT2D eigenvalue weighted by atomic mass is 9.83. The van der Waals surface area contributed by atoms with E-state index >= 15 is 0 Å². The third-order valence-corrected chi connectivity index (χ3v) is 8.56. The van der Waals surface area contributed by atoms with Gasteiger partial charge in [0, 0.05) is 50.3 Å². The molecule has 5 rings (SSSR count). The molecule has 3 fully saturated rings. The number of hydrogen-bond donors (Lipinski definition) is 2. The zero-order valence-electron chi connectivity index (χ0n) is 19.7. The molecule has 0 unspecified atom stereocenters. The maximum absolute atomic E-state index is 13.0. The molecule has 2 N–H and O–H groups in total. The van der Waals surface area contributed by atoms with Gasteiger partial charge < -0.3 is 19.8 Å². The summed E-state index contributed by atoms with van der Waals surface area (Å²) in [6.45, 7) is 3.33. The quantitative estimate of drug-likeness (QED) is 0.612. The number of imide groups is 1. The second kappa shape index (κ2) is 9.68. The minimum Gasteiger partial charge on any atom is -0.465 e. The third kappa shape index (κ3) is 4.70. The van der Waals surface area contributed by atoms with Crippen LogP contribution in [0, 0.1) is 11.8 Å². The van der Waals surface area contributed by atoms with Crippen LogP contribution in [0.3, 0.4) is 0 Å². The Morgan fingerprint density at radius 3 is 2.29 bits per heavy atom. The highest BCUT2D eigenvalue weighted by Gasteiger charge is 2.40. The van der Waals surface area contributed by atoms with Crippen LogP contribution in [-0.4, -0.2) is 70.9 Å². The Bertz CT molecular complexity index is 1050. The molecule has 1 aromatic carbocycles. The van der Waals surface area contributed by atoms with E-state index in [1.807, 2.05) is 12.1 Å². The van der Waals surface area contributed by atoms with E-state index in [1.165, 1.54) is 9.80 Å². The predicted molar refractivity (Wildman–Crippen MR) is 129 cm³/mol. The standard InChI is InChI=1S/C25H31ClN4O5/c26-22-18-14-30(20-3-4-21(31)27-23(20)32)24(33)17(18)1-2-19(22)28-9-5-15(6-10-28)13-16-7-11-29(12-8-16)25(34)35/h1-2,15-16,20H,3-14H2,(H,34,35)(H,27,31,32)/t20-/m0/s1. The molecule has 1 aromatic rings. The Morgan fingerprint density at radius 2 is 1.66 bits per heavy atom. The van der Waals surface area contributed by atoms with E-state index in [9.17, 15) is 19.2 Å². The number of benzene rings is 1. The highest BCUT2D eigenvalue weighted by Crippen LogP contribution is 2.40.